The Balaban J connectivity index is 1.41. The van der Waals surface area contributed by atoms with Crippen LogP contribution in [0.4, 0.5) is 5.82 Å². The molecule has 192 valence electrons. The van der Waals surface area contributed by atoms with Crippen molar-refractivity contribution in [2.75, 3.05) is 25.5 Å². The summed E-state index contributed by atoms with van der Waals surface area (Å²) in [5, 5.41) is 14.5. The van der Waals surface area contributed by atoms with Gasteiger partial charge in [-0.15, -0.1) is 0 Å². The van der Waals surface area contributed by atoms with Crippen LogP contribution in [0.5, 0.6) is 5.75 Å². The molecule has 1 aromatic heterocycles. The third kappa shape index (κ3) is 6.19. The first-order chi connectivity index (χ1) is 17.5. The Morgan fingerprint density at radius 1 is 1.19 bits per heavy atom. The second-order valence-corrected chi connectivity index (χ2v) is 9.38. The van der Waals surface area contributed by atoms with Crippen LogP contribution in [-0.2, 0) is 14.4 Å². The number of hydrazine groups is 1. The molecule has 1 unspecified atom stereocenters. The van der Waals surface area contributed by atoms with E-state index in [1.165, 1.54) is 5.01 Å². The van der Waals surface area contributed by atoms with Crippen LogP contribution in [0.1, 0.15) is 38.5 Å². The summed E-state index contributed by atoms with van der Waals surface area (Å²) in [6.45, 7) is 0.375. The van der Waals surface area contributed by atoms with Gasteiger partial charge in [0.15, 0.2) is 0 Å². The fraction of sp³-hybridized carbons (Fsp3) is 0.462. The lowest BCUT2D eigenvalue weighted by Gasteiger charge is -2.29. The monoisotopic (exact) mass is 495 g/mol. The molecular formula is C26H33N5O5. The van der Waals surface area contributed by atoms with Crippen molar-refractivity contribution in [3.8, 4) is 16.9 Å². The van der Waals surface area contributed by atoms with Crippen LogP contribution >= 0.6 is 0 Å². The van der Waals surface area contributed by atoms with Gasteiger partial charge < -0.3 is 10.1 Å². The van der Waals surface area contributed by atoms with E-state index >= 15 is 0 Å². The van der Waals surface area contributed by atoms with Gasteiger partial charge in [-0.3, -0.25) is 24.6 Å². The Morgan fingerprint density at radius 2 is 1.92 bits per heavy atom. The van der Waals surface area contributed by atoms with E-state index in [-0.39, 0.29) is 18.4 Å². The largest absolute Gasteiger partial charge is 0.497 e. The average molecular weight is 496 g/mol. The number of amides is 3. The minimum absolute atomic E-state index is 0.0975. The molecule has 1 aliphatic heterocycles. The molecule has 36 heavy (non-hydrogen) atoms. The first kappa shape index (κ1) is 25.6. The Hall–Kier alpha value is -3.50. The summed E-state index contributed by atoms with van der Waals surface area (Å²) in [6.07, 6.45) is 7.33. The molecule has 0 bridgehead atoms. The maximum Gasteiger partial charge on any atom is 0.250 e. The molecule has 3 N–H and O–H groups in total. The highest BCUT2D eigenvalue weighted by molar-refractivity contribution is 5.97. The zero-order valence-corrected chi connectivity index (χ0v) is 20.4. The van der Waals surface area contributed by atoms with Crippen molar-refractivity contribution >= 4 is 24.0 Å². The van der Waals surface area contributed by atoms with Crippen molar-refractivity contribution < 1.29 is 24.3 Å². The van der Waals surface area contributed by atoms with E-state index in [0.717, 1.165) is 42.6 Å². The van der Waals surface area contributed by atoms with Crippen LogP contribution in [0.25, 0.3) is 11.1 Å². The predicted octanol–water partition coefficient (Wildman–Crippen LogP) is 2.85. The van der Waals surface area contributed by atoms with Gasteiger partial charge in [0.25, 0.3) is 0 Å². The molecule has 2 atom stereocenters. The normalized spacial score (nSPS) is 18.6. The molecule has 0 spiro atoms. The maximum atomic E-state index is 13.4. The number of rotatable bonds is 10. The minimum atomic E-state index is -0.713. The molecule has 1 aromatic carbocycles. The second kappa shape index (κ2) is 12.0. The number of nitrogens with one attached hydrogen (secondary N) is 2. The zero-order valence-electron chi connectivity index (χ0n) is 20.4. The highest BCUT2D eigenvalue weighted by Gasteiger charge is 2.39. The van der Waals surface area contributed by atoms with Gasteiger partial charge in [0, 0.05) is 18.3 Å². The molecule has 1 saturated heterocycles. The topological polar surface area (TPSA) is 124 Å². The predicted molar refractivity (Wildman–Crippen MR) is 133 cm³/mol. The molecule has 2 aromatic rings. The van der Waals surface area contributed by atoms with Crippen molar-refractivity contribution in [2.45, 2.75) is 44.6 Å². The summed E-state index contributed by atoms with van der Waals surface area (Å²) >= 11 is 0. The Morgan fingerprint density at radius 3 is 2.56 bits per heavy atom. The van der Waals surface area contributed by atoms with E-state index in [0.29, 0.717) is 42.6 Å². The molecule has 0 radical (unpaired) electrons. The van der Waals surface area contributed by atoms with E-state index in [4.69, 9.17) is 4.74 Å². The van der Waals surface area contributed by atoms with Crippen molar-refractivity contribution in [3.05, 3.63) is 42.6 Å². The number of nitrogens with zero attached hydrogens (tertiary/aromatic N) is 3. The van der Waals surface area contributed by atoms with Crippen molar-refractivity contribution in [1.29, 1.82) is 0 Å². The second-order valence-electron chi connectivity index (χ2n) is 9.38. The summed E-state index contributed by atoms with van der Waals surface area (Å²) in [6, 6.07) is 10.5. The summed E-state index contributed by atoms with van der Waals surface area (Å²) in [7, 11) is 1.62. The van der Waals surface area contributed by atoms with Gasteiger partial charge in [-0.05, 0) is 48.6 Å². The van der Waals surface area contributed by atoms with Crippen LogP contribution in [0, 0.1) is 11.8 Å². The van der Waals surface area contributed by atoms with Crippen molar-refractivity contribution in [2.24, 2.45) is 11.8 Å². The van der Waals surface area contributed by atoms with Gasteiger partial charge in [-0.1, -0.05) is 37.8 Å². The third-order valence-corrected chi connectivity index (χ3v) is 6.96. The minimum Gasteiger partial charge on any atom is -0.497 e. The smallest absolute Gasteiger partial charge is 0.250 e. The number of anilines is 1. The molecule has 1 saturated carbocycles. The van der Waals surface area contributed by atoms with Crippen molar-refractivity contribution in [1.82, 2.24) is 20.5 Å². The number of hydrogen-bond acceptors (Lipinski definition) is 7. The van der Waals surface area contributed by atoms with Gasteiger partial charge in [-0.2, -0.15) is 0 Å². The Kier molecular flexibility index (Phi) is 8.50. The van der Waals surface area contributed by atoms with Crippen LogP contribution < -0.4 is 15.5 Å². The Labute approximate surface area is 210 Å². The van der Waals surface area contributed by atoms with E-state index in [2.05, 4.69) is 15.7 Å². The molecule has 2 fully saturated rings. The van der Waals surface area contributed by atoms with E-state index in [1.54, 1.807) is 19.4 Å². The fourth-order valence-corrected chi connectivity index (χ4v) is 5.04. The lowest BCUT2D eigenvalue weighted by molar-refractivity contribution is -0.159. The van der Waals surface area contributed by atoms with Crippen LogP contribution in [0.3, 0.4) is 0 Å². The number of carbonyl (C=O) groups is 3. The first-order valence-electron chi connectivity index (χ1n) is 12.4. The number of hydrogen-bond donors (Lipinski definition) is 3. The standard InChI is InChI=1S/C26H33N5O5/c1-36-22-9-6-19(7-10-22)20-8-11-24(27-15-20)29-25(33)23-12-13-28-31(23)26(34)21(16-30(35)17-32)14-18-4-2-3-5-18/h6-11,15,17-18,21,23,28,35H,2-5,12-14,16H2,1H3,(H,27,29,33)/t21?,23-/m0/s1. The SMILES string of the molecule is COc1ccc(-c2ccc(NC(=O)[C@@H]3CCNN3C(=O)C(CC3CCCC3)CN(O)C=O)nc2)cc1. The van der Waals surface area contributed by atoms with Gasteiger partial charge in [-0.25, -0.2) is 15.5 Å². The molecule has 1 aliphatic carbocycles. The van der Waals surface area contributed by atoms with E-state index < -0.39 is 12.0 Å². The summed E-state index contributed by atoms with van der Waals surface area (Å²) in [5.41, 5.74) is 4.88. The van der Waals surface area contributed by atoms with E-state index in [1.807, 2.05) is 30.3 Å². The molecule has 3 amide bonds. The highest BCUT2D eigenvalue weighted by Crippen LogP contribution is 2.32. The number of ether oxygens (including phenoxy) is 1. The number of methoxy groups -OCH3 is 1. The van der Waals surface area contributed by atoms with Gasteiger partial charge in [0.2, 0.25) is 18.2 Å². The van der Waals surface area contributed by atoms with Gasteiger partial charge in [0.05, 0.1) is 19.6 Å². The number of aromatic nitrogens is 1. The van der Waals surface area contributed by atoms with Gasteiger partial charge in [0.1, 0.15) is 17.6 Å². The number of benzene rings is 1. The highest BCUT2D eigenvalue weighted by atomic mass is 16.5. The summed E-state index contributed by atoms with van der Waals surface area (Å²) in [4.78, 5) is 41.9. The van der Waals surface area contributed by atoms with Crippen molar-refractivity contribution in [3.63, 3.8) is 0 Å². The fourth-order valence-electron chi connectivity index (χ4n) is 5.04. The summed E-state index contributed by atoms with van der Waals surface area (Å²) in [5.74, 6) is 0.315. The quantitative estimate of drug-likeness (QED) is 0.263. The maximum absolute atomic E-state index is 13.4. The first-order valence-corrected chi connectivity index (χ1v) is 12.4. The molecule has 2 heterocycles. The zero-order chi connectivity index (χ0) is 25.5. The molecular weight excluding hydrogens is 462 g/mol. The van der Waals surface area contributed by atoms with Gasteiger partial charge >= 0.3 is 0 Å². The molecule has 10 heteroatoms. The Bertz CT molecular complexity index is 1040. The van der Waals surface area contributed by atoms with E-state index in [9.17, 15) is 19.6 Å². The lowest BCUT2D eigenvalue weighted by Crippen LogP contribution is -2.51. The number of pyridine rings is 1. The number of carbonyl (C=O) groups excluding carboxylic acids is 3. The average Bonchev–Trinajstić information content (AvgIpc) is 3.61. The molecule has 10 nitrogen and oxygen atoms in total. The summed E-state index contributed by atoms with van der Waals surface area (Å²) < 4.78 is 5.19. The lowest BCUT2D eigenvalue weighted by atomic mass is 9.92. The van der Waals surface area contributed by atoms with Crippen LogP contribution in [0.2, 0.25) is 0 Å². The third-order valence-electron chi connectivity index (χ3n) is 6.96. The molecule has 4 rings (SSSR count). The van der Waals surface area contributed by atoms with Crippen LogP contribution in [0.15, 0.2) is 42.6 Å². The molecule has 2 aliphatic rings. The number of hydroxylamine groups is 2. The van der Waals surface area contributed by atoms with Crippen LogP contribution in [-0.4, -0.2) is 64.7 Å².